The van der Waals surface area contributed by atoms with E-state index in [1.54, 1.807) is 0 Å². The number of amides is 1. The lowest BCUT2D eigenvalue weighted by molar-refractivity contribution is 0.0360. The number of morpholine rings is 1. The fourth-order valence-corrected chi connectivity index (χ4v) is 4.03. The third-order valence-electron chi connectivity index (χ3n) is 5.56. The fourth-order valence-electron chi connectivity index (χ4n) is 3.85. The number of pyridine rings is 1. The molecule has 1 saturated heterocycles. The van der Waals surface area contributed by atoms with Crippen LogP contribution >= 0.6 is 11.6 Å². The van der Waals surface area contributed by atoms with Crippen LogP contribution in [0, 0.1) is 6.92 Å². The number of hydrogen-bond acceptors (Lipinski definition) is 4. The normalized spacial score (nSPS) is 15.8. The Kier molecular flexibility index (Phi) is 6.62. The molecule has 30 heavy (non-hydrogen) atoms. The number of fused-ring (bicyclic) bond motifs is 1. The SMILES string of the molecule is Cc1nc2ccc(Cl)cc2cc1C(=O)N[C@H](CCN1CCOCC1)c1ccccc1. The van der Waals surface area contributed by atoms with Crippen molar-refractivity contribution in [3.63, 3.8) is 0 Å². The summed E-state index contributed by atoms with van der Waals surface area (Å²) >= 11 is 6.13. The second-order valence-electron chi connectivity index (χ2n) is 7.64. The summed E-state index contributed by atoms with van der Waals surface area (Å²) in [6, 6.07) is 17.5. The van der Waals surface area contributed by atoms with Crippen LogP contribution in [0.15, 0.2) is 54.6 Å². The molecule has 2 aromatic carbocycles. The van der Waals surface area contributed by atoms with Gasteiger partial charge in [-0.3, -0.25) is 14.7 Å². The van der Waals surface area contributed by atoms with Crippen LogP contribution in [0.1, 0.15) is 34.1 Å². The number of aryl methyl sites for hydroxylation is 1. The van der Waals surface area contributed by atoms with Gasteiger partial charge in [0.25, 0.3) is 5.91 Å². The molecule has 0 bridgehead atoms. The first-order valence-electron chi connectivity index (χ1n) is 10.3. The molecule has 0 aliphatic carbocycles. The van der Waals surface area contributed by atoms with Gasteiger partial charge in [-0.2, -0.15) is 0 Å². The molecule has 0 saturated carbocycles. The molecule has 3 aromatic rings. The Morgan fingerprint density at radius 2 is 1.93 bits per heavy atom. The molecule has 156 valence electrons. The molecule has 0 radical (unpaired) electrons. The van der Waals surface area contributed by atoms with E-state index in [1.165, 1.54) is 0 Å². The Morgan fingerprint density at radius 1 is 1.17 bits per heavy atom. The minimum atomic E-state index is -0.113. The fraction of sp³-hybridized carbons (Fsp3) is 0.333. The zero-order chi connectivity index (χ0) is 20.9. The molecule has 6 heteroatoms. The highest BCUT2D eigenvalue weighted by Crippen LogP contribution is 2.23. The van der Waals surface area contributed by atoms with Gasteiger partial charge >= 0.3 is 0 Å². The van der Waals surface area contributed by atoms with Crippen LogP contribution in [0.5, 0.6) is 0 Å². The maximum Gasteiger partial charge on any atom is 0.253 e. The lowest BCUT2D eigenvalue weighted by Gasteiger charge is -2.29. The van der Waals surface area contributed by atoms with Crippen molar-refractivity contribution in [3.05, 3.63) is 76.4 Å². The average Bonchev–Trinajstić information content (AvgIpc) is 2.77. The van der Waals surface area contributed by atoms with Gasteiger partial charge in [0.15, 0.2) is 0 Å². The number of carbonyl (C=O) groups excluding carboxylic acids is 1. The van der Waals surface area contributed by atoms with E-state index in [0.29, 0.717) is 16.3 Å². The zero-order valence-electron chi connectivity index (χ0n) is 17.1. The van der Waals surface area contributed by atoms with Crippen molar-refractivity contribution in [1.82, 2.24) is 15.2 Å². The number of aromatic nitrogens is 1. The van der Waals surface area contributed by atoms with E-state index in [2.05, 4.69) is 27.3 Å². The Bertz CT molecular complexity index is 1020. The highest BCUT2D eigenvalue weighted by molar-refractivity contribution is 6.31. The number of ether oxygens (including phenoxy) is 1. The van der Waals surface area contributed by atoms with Gasteiger partial charge in [-0.05, 0) is 43.2 Å². The number of rotatable bonds is 6. The van der Waals surface area contributed by atoms with E-state index < -0.39 is 0 Å². The van der Waals surface area contributed by atoms with Crippen molar-refractivity contribution in [2.24, 2.45) is 0 Å². The van der Waals surface area contributed by atoms with Gasteiger partial charge < -0.3 is 10.1 Å². The average molecular weight is 424 g/mol. The van der Waals surface area contributed by atoms with Crippen LogP contribution < -0.4 is 5.32 Å². The number of nitrogens with one attached hydrogen (secondary N) is 1. The minimum Gasteiger partial charge on any atom is -0.379 e. The summed E-state index contributed by atoms with van der Waals surface area (Å²) in [5.74, 6) is -0.113. The highest BCUT2D eigenvalue weighted by atomic mass is 35.5. The van der Waals surface area contributed by atoms with Crippen LogP contribution in [0.2, 0.25) is 5.02 Å². The first kappa shape index (κ1) is 20.8. The number of nitrogens with zero attached hydrogens (tertiary/aromatic N) is 2. The van der Waals surface area contributed by atoms with Gasteiger partial charge in [0.05, 0.1) is 36.0 Å². The molecule has 1 aliphatic heterocycles. The Labute approximate surface area is 182 Å². The van der Waals surface area contributed by atoms with Crippen LogP contribution in [0.4, 0.5) is 0 Å². The second kappa shape index (κ2) is 9.56. The summed E-state index contributed by atoms with van der Waals surface area (Å²) in [7, 11) is 0. The predicted molar refractivity (Wildman–Crippen MR) is 120 cm³/mol. The number of halogens is 1. The lowest BCUT2D eigenvalue weighted by atomic mass is 10.0. The van der Waals surface area contributed by atoms with Crippen molar-refractivity contribution in [3.8, 4) is 0 Å². The smallest absolute Gasteiger partial charge is 0.253 e. The van der Waals surface area contributed by atoms with E-state index in [4.69, 9.17) is 16.3 Å². The van der Waals surface area contributed by atoms with E-state index >= 15 is 0 Å². The third kappa shape index (κ3) is 4.98. The summed E-state index contributed by atoms with van der Waals surface area (Å²) in [5, 5.41) is 4.73. The summed E-state index contributed by atoms with van der Waals surface area (Å²) in [6.45, 7) is 6.19. The Hall–Kier alpha value is -2.47. The van der Waals surface area contributed by atoms with Gasteiger partial charge in [0, 0.05) is 30.0 Å². The van der Waals surface area contributed by atoms with Crippen molar-refractivity contribution >= 4 is 28.4 Å². The molecule has 2 heterocycles. The summed E-state index contributed by atoms with van der Waals surface area (Å²) in [6.07, 6.45) is 0.835. The lowest BCUT2D eigenvalue weighted by Crippen LogP contribution is -2.39. The van der Waals surface area contributed by atoms with Gasteiger partial charge in [-0.25, -0.2) is 0 Å². The minimum absolute atomic E-state index is 0.0731. The molecular weight excluding hydrogens is 398 g/mol. The molecule has 5 nitrogen and oxygen atoms in total. The topological polar surface area (TPSA) is 54.5 Å². The van der Waals surface area contributed by atoms with E-state index in [-0.39, 0.29) is 11.9 Å². The first-order valence-corrected chi connectivity index (χ1v) is 10.7. The van der Waals surface area contributed by atoms with Crippen LogP contribution in [-0.4, -0.2) is 48.6 Å². The quantitative estimate of drug-likeness (QED) is 0.638. The molecule has 1 atom stereocenters. The maximum atomic E-state index is 13.2. The van der Waals surface area contributed by atoms with Crippen molar-refractivity contribution in [2.45, 2.75) is 19.4 Å². The molecule has 1 N–H and O–H groups in total. The van der Waals surface area contributed by atoms with Crippen LogP contribution in [0.25, 0.3) is 10.9 Å². The number of benzene rings is 2. The molecule has 1 aliphatic rings. The van der Waals surface area contributed by atoms with Crippen LogP contribution in [-0.2, 0) is 4.74 Å². The number of carbonyl (C=O) groups is 1. The van der Waals surface area contributed by atoms with E-state index in [9.17, 15) is 4.79 Å². The molecular formula is C24H26ClN3O2. The largest absolute Gasteiger partial charge is 0.379 e. The van der Waals surface area contributed by atoms with Gasteiger partial charge in [-0.15, -0.1) is 0 Å². The van der Waals surface area contributed by atoms with E-state index in [0.717, 1.165) is 55.7 Å². The predicted octanol–water partition coefficient (Wildman–Crippen LogP) is 4.39. The maximum absolute atomic E-state index is 13.2. The van der Waals surface area contributed by atoms with Gasteiger partial charge in [-0.1, -0.05) is 41.9 Å². The summed E-state index contributed by atoms with van der Waals surface area (Å²) < 4.78 is 5.44. The van der Waals surface area contributed by atoms with E-state index in [1.807, 2.05) is 49.4 Å². The summed E-state index contributed by atoms with van der Waals surface area (Å²) in [4.78, 5) is 20.2. The highest BCUT2D eigenvalue weighted by Gasteiger charge is 2.20. The first-order chi connectivity index (χ1) is 14.6. The summed E-state index contributed by atoms with van der Waals surface area (Å²) in [5.41, 5.74) is 3.23. The Balaban J connectivity index is 1.55. The van der Waals surface area contributed by atoms with Gasteiger partial charge in [0.2, 0.25) is 0 Å². The molecule has 1 fully saturated rings. The third-order valence-corrected chi connectivity index (χ3v) is 5.79. The number of hydrogen-bond donors (Lipinski definition) is 1. The molecule has 4 rings (SSSR count). The molecule has 0 spiro atoms. The second-order valence-corrected chi connectivity index (χ2v) is 8.07. The van der Waals surface area contributed by atoms with Gasteiger partial charge in [0.1, 0.15) is 0 Å². The monoisotopic (exact) mass is 423 g/mol. The van der Waals surface area contributed by atoms with Crippen LogP contribution in [0.3, 0.4) is 0 Å². The molecule has 0 unspecified atom stereocenters. The standard InChI is InChI=1S/C24H26ClN3O2/c1-17-21(16-19-15-20(25)7-8-22(19)26-17)24(29)27-23(18-5-3-2-4-6-18)9-10-28-11-13-30-14-12-28/h2-8,15-16,23H,9-14H2,1H3,(H,27,29)/t23-/m1/s1. The zero-order valence-corrected chi connectivity index (χ0v) is 17.9. The van der Waals surface area contributed by atoms with Crippen molar-refractivity contribution in [2.75, 3.05) is 32.8 Å². The van der Waals surface area contributed by atoms with Crippen molar-refractivity contribution in [1.29, 1.82) is 0 Å². The Morgan fingerprint density at radius 3 is 2.70 bits per heavy atom. The van der Waals surface area contributed by atoms with Crippen molar-refractivity contribution < 1.29 is 9.53 Å². The molecule has 1 amide bonds. The molecule has 1 aromatic heterocycles.